The highest BCUT2D eigenvalue weighted by Gasteiger charge is 2.13. The van der Waals surface area contributed by atoms with E-state index in [4.69, 9.17) is 4.74 Å². The number of ether oxygens (including phenoxy) is 1. The van der Waals surface area contributed by atoms with Gasteiger partial charge in [0.1, 0.15) is 11.4 Å². The largest absolute Gasteiger partial charge is 0.496 e. The molecule has 0 aliphatic carbocycles. The van der Waals surface area contributed by atoms with Crippen molar-refractivity contribution >= 4 is 17.5 Å². The molecule has 0 aliphatic heterocycles. The maximum Gasteiger partial charge on any atom is 0.270 e. The number of anilines is 1. The molecule has 6 nitrogen and oxygen atoms in total. The lowest BCUT2D eigenvalue weighted by Crippen LogP contribution is -2.24. The number of hydrogen-bond acceptors (Lipinski definition) is 4. The standard InChI is InChI=1S/C21H17F2N3O3/c1-29-19-5-3-2-4-14(19)12-25-21(28)18-10-13(8-9-24-18)20(27)26-15-6-7-16(22)17(23)11-15/h2-11H,12H2,1H3,(H,25,28)(H,26,27). The van der Waals surface area contributed by atoms with Gasteiger partial charge in [-0.1, -0.05) is 18.2 Å². The van der Waals surface area contributed by atoms with Gasteiger partial charge in [0.05, 0.1) is 7.11 Å². The first kappa shape index (κ1) is 19.9. The molecule has 8 heteroatoms. The van der Waals surface area contributed by atoms with Crippen LogP contribution < -0.4 is 15.4 Å². The summed E-state index contributed by atoms with van der Waals surface area (Å²) in [6.07, 6.45) is 1.32. The fourth-order valence-corrected chi connectivity index (χ4v) is 2.59. The number of halogens is 2. The van der Waals surface area contributed by atoms with Crippen LogP contribution in [0, 0.1) is 11.6 Å². The van der Waals surface area contributed by atoms with Crippen LogP contribution in [0.5, 0.6) is 5.75 Å². The number of carbonyl (C=O) groups excluding carboxylic acids is 2. The Morgan fingerprint density at radius 3 is 2.55 bits per heavy atom. The third kappa shape index (κ3) is 4.92. The molecule has 0 saturated heterocycles. The third-order valence-corrected chi connectivity index (χ3v) is 4.06. The van der Waals surface area contributed by atoms with E-state index in [-0.39, 0.29) is 23.5 Å². The maximum absolute atomic E-state index is 13.3. The molecular weight excluding hydrogens is 380 g/mol. The van der Waals surface area contributed by atoms with Crippen LogP contribution in [-0.4, -0.2) is 23.9 Å². The molecule has 2 aromatic carbocycles. The van der Waals surface area contributed by atoms with Gasteiger partial charge in [-0.3, -0.25) is 14.6 Å². The highest BCUT2D eigenvalue weighted by molar-refractivity contribution is 6.05. The lowest BCUT2D eigenvalue weighted by Gasteiger charge is -2.10. The molecule has 0 atom stereocenters. The number of aromatic nitrogens is 1. The highest BCUT2D eigenvalue weighted by Crippen LogP contribution is 2.17. The molecular formula is C21H17F2N3O3. The summed E-state index contributed by atoms with van der Waals surface area (Å²) in [5, 5.41) is 5.16. The highest BCUT2D eigenvalue weighted by atomic mass is 19.2. The van der Waals surface area contributed by atoms with Crippen molar-refractivity contribution in [1.82, 2.24) is 10.3 Å². The Morgan fingerprint density at radius 2 is 1.79 bits per heavy atom. The zero-order valence-electron chi connectivity index (χ0n) is 15.4. The van der Waals surface area contributed by atoms with Gasteiger partial charge in [0.15, 0.2) is 11.6 Å². The second kappa shape index (κ2) is 8.92. The predicted molar refractivity (Wildman–Crippen MR) is 103 cm³/mol. The number of benzene rings is 2. The molecule has 0 bridgehead atoms. The fourth-order valence-electron chi connectivity index (χ4n) is 2.59. The summed E-state index contributed by atoms with van der Waals surface area (Å²) in [7, 11) is 1.54. The first-order chi connectivity index (χ1) is 14.0. The molecule has 29 heavy (non-hydrogen) atoms. The number of nitrogens with zero attached hydrogens (tertiary/aromatic N) is 1. The van der Waals surface area contributed by atoms with Crippen molar-refractivity contribution in [2.24, 2.45) is 0 Å². The normalized spacial score (nSPS) is 10.3. The molecule has 0 saturated carbocycles. The number of pyridine rings is 1. The second-order valence-corrected chi connectivity index (χ2v) is 6.01. The van der Waals surface area contributed by atoms with Crippen LogP contribution in [0.2, 0.25) is 0 Å². The Kier molecular flexibility index (Phi) is 6.13. The molecule has 3 aromatic rings. The Labute approximate surface area is 165 Å². The molecule has 0 fully saturated rings. The number of methoxy groups -OCH3 is 1. The van der Waals surface area contributed by atoms with Gasteiger partial charge in [0.25, 0.3) is 11.8 Å². The first-order valence-corrected chi connectivity index (χ1v) is 8.60. The van der Waals surface area contributed by atoms with E-state index in [1.165, 1.54) is 31.5 Å². The van der Waals surface area contributed by atoms with E-state index in [1.54, 1.807) is 6.07 Å². The van der Waals surface area contributed by atoms with Crippen molar-refractivity contribution in [3.63, 3.8) is 0 Å². The van der Waals surface area contributed by atoms with Gasteiger partial charge in [0, 0.05) is 35.6 Å². The quantitative estimate of drug-likeness (QED) is 0.667. The number of nitrogens with one attached hydrogen (secondary N) is 2. The molecule has 1 heterocycles. The van der Waals surface area contributed by atoms with Crippen molar-refractivity contribution in [2.75, 3.05) is 12.4 Å². The van der Waals surface area contributed by atoms with Crippen molar-refractivity contribution in [3.8, 4) is 5.75 Å². The summed E-state index contributed by atoms with van der Waals surface area (Å²) in [6.45, 7) is 0.218. The van der Waals surface area contributed by atoms with E-state index >= 15 is 0 Å². The molecule has 148 valence electrons. The van der Waals surface area contributed by atoms with Crippen LogP contribution >= 0.6 is 0 Å². The van der Waals surface area contributed by atoms with Gasteiger partial charge in [-0.2, -0.15) is 0 Å². The van der Waals surface area contributed by atoms with Crippen molar-refractivity contribution in [2.45, 2.75) is 6.54 Å². The topological polar surface area (TPSA) is 80.3 Å². The minimum atomic E-state index is -1.08. The Balaban J connectivity index is 1.68. The monoisotopic (exact) mass is 397 g/mol. The van der Waals surface area contributed by atoms with E-state index < -0.39 is 23.4 Å². The van der Waals surface area contributed by atoms with Gasteiger partial charge in [-0.25, -0.2) is 8.78 Å². The van der Waals surface area contributed by atoms with Crippen LogP contribution in [-0.2, 0) is 6.54 Å². The van der Waals surface area contributed by atoms with Gasteiger partial charge in [0.2, 0.25) is 0 Å². The van der Waals surface area contributed by atoms with E-state index in [0.29, 0.717) is 5.75 Å². The van der Waals surface area contributed by atoms with Crippen molar-refractivity contribution in [3.05, 3.63) is 89.2 Å². The number of para-hydroxylation sites is 1. The van der Waals surface area contributed by atoms with Crippen LogP contribution in [0.1, 0.15) is 26.4 Å². The van der Waals surface area contributed by atoms with E-state index in [1.807, 2.05) is 18.2 Å². The van der Waals surface area contributed by atoms with E-state index in [0.717, 1.165) is 17.7 Å². The fraction of sp³-hybridized carbons (Fsp3) is 0.0952. The summed E-state index contributed by atoms with van der Waals surface area (Å²) in [5.41, 5.74) is 1.06. The SMILES string of the molecule is COc1ccccc1CNC(=O)c1cc(C(=O)Nc2ccc(F)c(F)c2)ccn1. The van der Waals surface area contributed by atoms with Gasteiger partial charge >= 0.3 is 0 Å². The number of hydrogen-bond donors (Lipinski definition) is 2. The van der Waals surface area contributed by atoms with E-state index in [9.17, 15) is 18.4 Å². The maximum atomic E-state index is 13.3. The number of amides is 2. The number of carbonyl (C=O) groups is 2. The third-order valence-electron chi connectivity index (χ3n) is 4.06. The summed E-state index contributed by atoms with van der Waals surface area (Å²) in [6, 6.07) is 13.0. The first-order valence-electron chi connectivity index (χ1n) is 8.60. The van der Waals surface area contributed by atoms with E-state index in [2.05, 4.69) is 15.6 Å². The molecule has 0 radical (unpaired) electrons. The van der Waals surface area contributed by atoms with Gasteiger partial charge in [-0.15, -0.1) is 0 Å². The molecule has 0 spiro atoms. The average molecular weight is 397 g/mol. The molecule has 0 aliphatic rings. The zero-order chi connectivity index (χ0) is 20.8. The lowest BCUT2D eigenvalue weighted by atomic mass is 10.2. The minimum absolute atomic E-state index is 0.0397. The number of rotatable bonds is 6. The average Bonchev–Trinajstić information content (AvgIpc) is 2.74. The summed E-state index contributed by atoms with van der Waals surface area (Å²) < 4.78 is 31.5. The predicted octanol–water partition coefficient (Wildman–Crippen LogP) is 3.55. The van der Waals surface area contributed by atoms with Crippen molar-refractivity contribution < 1.29 is 23.1 Å². The second-order valence-electron chi connectivity index (χ2n) is 6.01. The smallest absolute Gasteiger partial charge is 0.270 e. The summed E-state index contributed by atoms with van der Waals surface area (Å²) in [5.74, 6) is -2.51. The molecule has 3 rings (SSSR count). The molecule has 2 amide bonds. The van der Waals surface area contributed by atoms with Crippen molar-refractivity contribution in [1.29, 1.82) is 0 Å². The van der Waals surface area contributed by atoms with Crippen LogP contribution in [0.15, 0.2) is 60.8 Å². The van der Waals surface area contributed by atoms with Crippen LogP contribution in [0.4, 0.5) is 14.5 Å². The Morgan fingerprint density at radius 1 is 1.00 bits per heavy atom. The zero-order valence-corrected chi connectivity index (χ0v) is 15.4. The van der Waals surface area contributed by atoms with Gasteiger partial charge in [-0.05, 0) is 30.3 Å². The van der Waals surface area contributed by atoms with Gasteiger partial charge < -0.3 is 15.4 Å². The Hall–Kier alpha value is -3.81. The lowest BCUT2D eigenvalue weighted by molar-refractivity contribution is 0.0945. The van der Waals surface area contributed by atoms with Crippen LogP contribution in [0.25, 0.3) is 0 Å². The Bertz CT molecular complexity index is 1060. The summed E-state index contributed by atoms with van der Waals surface area (Å²) >= 11 is 0. The van der Waals surface area contributed by atoms with Crippen LogP contribution in [0.3, 0.4) is 0 Å². The molecule has 1 aromatic heterocycles. The molecule has 2 N–H and O–H groups in total. The molecule has 0 unspecified atom stereocenters. The minimum Gasteiger partial charge on any atom is -0.496 e. The summed E-state index contributed by atoms with van der Waals surface area (Å²) in [4.78, 5) is 28.7.